The first-order chi connectivity index (χ1) is 14.3. The standard InChI is InChI=1S/C21H23N5O4/c1-5-7-26-17(14-9-12(2)30-13(14)3)11-25-10-16(22-18(25)21(26)29)19(27)23-15-6-8-24(4)20(15)28/h5,9-11,15H,1,6-8H2,2-4H3,(H,23,27). The number of furan rings is 1. The summed E-state index contributed by atoms with van der Waals surface area (Å²) in [4.78, 5) is 43.7. The van der Waals surface area contributed by atoms with Crippen molar-refractivity contribution in [2.24, 2.45) is 0 Å². The van der Waals surface area contributed by atoms with E-state index in [9.17, 15) is 14.4 Å². The fourth-order valence-corrected chi connectivity index (χ4v) is 3.79. The molecule has 0 aromatic carbocycles. The molecular weight excluding hydrogens is 386 g/mol. The van der Waals surface area contributed by atoms with Crippen LogP contribution in [0, 0.1) is 13.8 Å². The quantitative estimate of drug-likeness (QED) is 0.644. The maximum Gasteiger partial charge on any atom is 0.295 e. The third kappa shape index (κ3) is 3.22. The van der Waals surface area contributed by atoms with Crippen LogP contribution < -0.4 is 10.9 Å². The van der Waals surface area contributed by atoms with E-state index in [1.807, 2.05) is 19.9 Å². The molecule has 1 atom stereocenters. The number of likely N-dealkylation sites (N-methyl/N-ethyl adjacent to an activating group) is 1. The van der Waals surface area contributed by atoms with Crippen molar-refractivity contribution in [1.82, 2.24) is 24.2 Å². The lowest BCUT2D eigenvalue weighted by molar-refractivity contribution is -0.128. The lowest BCUT2D eigenvalue weighted by Gasteiger charge is -2.11. The smallest absolute Gasteiger partial charge is 0.295 e. The summed E-state index contributed by atoms with van der Waals surface area (Å²) >= 11 is 0. The van der Waals surface area contributed by atoms with E-state index in [1.165, 1.54) is 10.6 Å². The van der Waals surface area contributed by atoms with Crippen LogP contribution in [0.3, 0.4) is 0 Å². The van der Waals surface area contributed by atoms with Gasteiger partial charge in [0.1, 0.15) is 23.3 Å². The van der Waals surface area contributed by atoms with Crippen molar-refractivity contribution in [3.05, 3.63) is 58.7 Å². The first-order valence-corrected chi connectivity index (χ1v) is 9.67. The van der Waals surface area contributed by atoms with Crippen molar-refractivity contribution in [2.45, 2.75) is 32.9 Å². The zero-order chi connectivity index (χ0) is 21.6. The van der Waals surface area contributed by atoms with Crippen molar-refractivity contribution in [2.75, 3.05) is 13.6 Å². The monoisotopic (exact) mass is 409 g/mol. The van der Waals surface area contributed by atoms with Crippen LogP contribution in [-0.2, 0) is 11.3 Å². The van der Waals surface area contributed by atoms with E-state index in [2.05, 4.69) is 16.9 Å². The maximum absolute atomic E-state index is 13.1. The average Bonchev–Trinajstić information content (AvgIpc) is 3.37. The second-order valence-corrected chi connectivity index (χ2v) is 7.48. The van der Waals surface area contributed by atoms with Gasteiger partial charge >= 0.3 is 0 Å². The van der Waals surface area contributed by atoms with Gasteiger partial charge in [0, 0.05) is 38.1 Å². The van der Waals surface area contributed by atoms with Crippen LogP contribution in [0.1, 0.15) is 28.4 Å². The molecule has 0 aliphatic carbocycles. The Kier molecular flexibility index (Phi) is 4.81. The Morgan fingerprint density at radius 3 is 2.73 bits per heavy atom. The summed E-state index contributed by atoms with van der Waals surface area (Å²) in [7, 11) is 1.70. The molecule has 2 amide bonds. The molecule has 1 aliphatic heterocycles. The van der Waals surface area contributed by atoms with E-state index in [1.54, 1.807) is 28.8 Å². The third-order valence-electron chi connectivity index (χ3n) is 5.31. The van der Waals surface area contributed by atoms with E-state index in [0.717, 1.165) is 11.3 Å². The minimum atomic E-state index is -0.572. The van der Waals surface area contributed by atoms with Crippen LogP contribution >= 0.6 is 0 Å². The summed E-state index contributed by atoms with van der Waals surface area (Å²) in [6.07, 6.45) is 5.42. The molecule has 1 saturated heterocycles. The van der Waals surface area contributed by atoms with Gasteiger partial charge in [-0.2, -0.15) is 0 Å². The molecule has 30 heavy (non-hydrogen) atoms. The van der Waals surface area contributed by atoms with E-state index in [0.29, 0.717) is 24.4 Å². The van der Waals surface area contributed by atoms with Gasteiger partial charge in [-0.25, -0.2) is 4.98 Å². The predicted octanol–water partition coefficient (Wildman–Crippen LogP) is 1.52. The third-order valence-corrected chi connectivity index (χ3v) is 5.31. The highest BCUT2D eigenvalue weighted by Crippen LogP contribution is 2.26. The van der Waals surface area contributed by atoms with Crippen LogP contribution in [0.5, 0.6) is 0 Å². The van der Waals surface area contributed by atoms with Crippen molar-refractivity contribution >= 4 is 17.5 Å². The Labute approximate surface area is 172 Å². The molecule has 3 aromatic rings. The molecule has 0 spiro atoms. The Balaban J connectivity index is 1.77. The first-order valence-electron chi connectivity index (χ1n) is 9.67. The fourth-order valence-electron chi connectivity index (χ4n) is 3.79. The Morgan fingerprint density at radius 1 is 1.37 bits per heavy atom. The van der Waals surface area contributed by atoms with Gasteiger partial charge in [0.05, 0.1) is 5.69 Å². The summed E-state index contributed by atoms with van der Waals surface area (Å²) in [5.74, 6) is 0.801. The minimum Gasteiger partial charge on any atom is -0.466 e. The second-order valence-electron chi connectivity index (χ2n) is 7.48. The van der Waals surface area contributed by atoms with Crippen molar-refractivity contribution in [3.8, 4) is 11.3 Å². The van der Waals surface area contributed by atoms with Gasteiger partial charge in [0.2, 0.25) is 11.6 Å². The average molecular weight is 409 g/mol. The van der Waals surface area contributed by atoms with Gasteiger partial charge in [0.25, 0.3) is 11.5 Å². The normalized spacial score (nSPS) is 16.4. The Hall–Kier alpha value is -3.62. The molecule has 9 heteroatoms. The molecule has 156 valence electrons. The van der Waals surface area contributed by atoms with Gasteiger partial charge in [-0.1, -0.05) is 6.08 Å². The second kappa shape index (κ2) is 7.33. The number of carbonyl (C=O) groups excluding carboxylic acids is 2. The molecule has 3 aromatic heterocycles. The van der Waals surface area contributed by atoms with Crippen LogP contribution in [0.4, 0.5) is 0 Å². The van der Waals surface area contributed by atoms with E-state index in [-0.39, 0.29) is 29.4 Å². The lowest BCUT2D eigenvalue weighted by Crippen LogP contribution is -2.40. The van der Waals surface area contributed by atoms with Gasteiger partial charge in [-0.15, -0.1) is 6.58 Å². The SMILES string of the molecule is C=CCn1c(-c2cc(C)oc2C)cn2cc(C(=O)NC3CCN(C)C3=O)nc2c1=O. The lowest BCUT2D eigenvalue weighted by atomic mass is 10.2. The van der Waals surface area contributed by atoms with Gasteiger partial charge in [0.15, 0.2) is 0 Å². The summed E-state index contributed by atoms with van der Waals surface area (Å²) in [6.45, 7) is 8.28. The molecule has 4 rings (SSSR count). The van der Waals surface area contributed by atoms with Crippen LogP contribution in [0.25, 0.3) is 16.9 Å². The maximum atomic E-state index is 13.1. The van der Waals surface area contributed by atoms with Gasteiger partial charge in [-0.3, -0.25) is 23.4 Å². The molecule has 0 radical (unpaired) electrons. The molecule has 0 bridgehead atoms. The number of aromatic nitrogens is 3. The number of amides is 2. The number of hydrogen-bond donors (Lipinski definition) is 1. The zero-order valence-electron chi connectivity index (χ0n) is 17.1. The molecule has 1 unspecified atom stereocenters. The highest BCUT2D eigenvalue weighted by Gasteiger charge is 2.31. The molecule has 4 heterocycles. The zero-order valence-corrected chi connectivity index (χ0v) is 17.1. The van der Waals surface area contributed by atoms with E-state index < -0.39 is 11.9 Å². The van der Waals surface area contributed by atoms with Gasteiger partial charge < -0.3 is 14.6 Å². The molecule has 9 nitrogen and oxygen atoms in total. The Morgan fingerprint density at radius 2 is 2.13 bits per heavy atom. The number of nitrogens with one attached hydrogen (secondary N) is 1. The van der Waals surface area contributed by atoms with Gasteiger partial charge in [-0.05, 0) is 26.3 Å². The number of hydrogen-bond acceptors (Lipinski definition) is 5. The molecule has 1 N–H and O–H groups in total. The Bertz CT molecular complexity index is 1230. The highest BCUT2D eigenvalue weighted by molar-refractivity contribution is 5.97. The molecule has 1 fully saturated rings. The number of fused-ring (bicyclic) bond motifs is 1. The van der Waals surface area contributed by atoms with Crippen LogP contribution in [0.15, 0.2) is 40.3 Å². The highest BCUT2D eigenvalue weighted by atomic mass is 16.3. The summed E-state index contributed by atoms with van der Waals surface area (Å²) in [5.41, 5.74) is 1.28. The van der Waals surface area contributed by atoms with E-state index in [4.69, 9.17) is 4.42 Å². The topological polar surface area (TPSA) is 102 Å². The molecular formula is C21H23N5O4. The molecule has 1 aliphatic rings. The number of carbonyl (C=O) groups is 2. The number of rotatable bonds is 5. The predicted molar refractivity (Wildman–Crippen MR) is 110 cm³/mol. The fraction of sp³-hybridized carbons (Fsp3) is 0.333. The largest absolute Gasteiger partial charge is 0.466 e. The number of nitrogens with zero attached hydrogens (tertiary/aromatic N) is 4. The number of allylic oxidation sites excluding steroid dienone is 1. The summed E-state index contributed by atoms with van der Waals surface area (Å²) < 4.78 is 8.71. The first kappa shape index (κ1) is 19.7. The number of likely N-dealkylation sites (tertiary alicyclic amines) is 1. The number of aryl methyl sites for hydroxylation is 2. The van der Waals surface area contributed by atoms with Crippen molar-refractivity contribution in [1.29, 1.82) is 0 Å². The number of imidazole rings is 1. The van der Waals surface area contributed by atoms with Crippen LogP contribution in [0.2, 0.25) is 0 Å². The molecule has 0 saturated carbocycles. The van der Waals surface area contributed by atoms with Crippen molar-refractivity contribution < 1.29 is 14.0 Å². The summed E-state index contributed by atoms with van der Waals surface area (Å²) in [5, 5.41) is 2.71. The summed E-state index contributed by atoms with van der Waals surface area (Å²) in [6, 6.07) is 1.29. The van der Waals surface area contributed by atoms with Crippen LogP contribution in [-0.4, -0.2) is 50.3 Å². The van der Waals surface area contributed by atoms with E-state index >= 15 is 0 Å². The minimum absolute atomic E-state index is 0.0804. The van der Waals surface area contributed by atoms with Crippen molar-refractivity contribution in [3.63, 3.8) is 0 Å².